The van der Waals surface area contributed by atoms with E-state index >= 15 is 0 Å². The van der Waals surface area contributed by atoms with Crippen LogP contribution in [0.25, 0.3) is 11.3 Å². The van der Waals surface area contributed by atoms with Gasteiger partial charge in [0.2, 0.25) is 0 Å². The van der Waals surface area contributed by atoms with Crippen molar-refractivity contribution < 1.29 is 14.4 Å². The zero-order valence-corrected chi connectivity index (χ0v) is 26.3. The van der Waals surface area contributed by atoms with Crippen molar-refractivity contribution in [3.05, 3.63) is 155 Å². The van der Waals surface area contributed by atoms with Crippen LogP contribution in [-0.4, -0.2) is 17.8 Å². The van der Waals surface area contributed by atoms with Gasteiger partial charge in [-0.2, -0.15) is 0 Å². The molecule has 6 rings (SSSR count). The van der Waals surface area contributed by atoms with Gasteiger partial charge in [-0.25, -0.2) is 4.79 Å². The molecule has 0 saturated heterocycles. The van der Waals surface area contributed by atoms with E-state index in [1.165, 1.54) is 0 Å². The maximum atomic E-state index is 13.6. The first-order valence-electron chi connectivity index (χ1n) is 15.2. The third kappa shape index (κ3) is 7.35. The molecule has 8 nitrogen and oxygen atoms in total. The number of anilines is 4. The van der Waals surface area contributed by atoms with Crippen LogP contribution in [0, 0.1) is 0 Å². The van der Waals surface area contributed by atoms with Gasteiger partial charge in [0.15, 0.2) is 0 Å². The number of fused-ring (bicyclic) bond motifs is 1. The van der Waals surface area contributed by atoms with Crippen LogP contribution in [0.3, 0.4) is 0 Å². The highest BCUT2D eigenvalue weighted by atomic mass is 35.5. The van der Waals surface area contributed by atoms with E-state index in [1.54, 1.807) is 60.7 Å². The first kappa shape index (κ1) is 31.1. The molecule has 5 aromatic rings. The van der Waals surface area contributed by atoms with Gasteiger partial charge in [0.25, 0.3) is 11.8 Å². The van der Waals surface area contributed by atoms with E-state index in [2.05, 4.69) is 26.6 Å². The fourth-order valence-electron chi connectivity index (χ4n) is 5.47. The summed E-state index contributed by atoms with van der Waals surface area (Å²) in [5.41, 5.74) is 6.14. The van der Waals surface area contributed by atoms with E-state index in [0.717, 1.165) is 17.5 Å². The summed E-state index contributed by atoms with van der Waals surface area (Å²) in [7, 11) is 0. The molecule has 0 unspecified atom stereocenters. The molecule has 0 bridgehead atoms. The maximum absolute atomic E-state index is 13.6. The summed E-state index contributed by atoms with van der Waals surface area (Å²) in [6.45, 7) is 2.03. The Bertz CT molecular complexity index is 1980. The SMILES string of the molecule is CC[C@@H](NC(=O)c1ccc2c(c1)C(=C(Nc1cccc(NC(=O)Nc3cccc(Cl)c3)c1)c1ccccc1)C(=O)N2)c1ccccc1. The molecule has 1 aliphatic heterocycles. The van der Waals surface area contributed by atoms with Crippen molar-refractivity contribution in [2.24, 2.45) is 0 Å². The van der Waals surface area contributed by atoms with E-state index in [0.29, 0.717) is 50.2 Å². The van der Waals surface area contributed by atoms with Gasteiger partial charge in [0.1, 0.15) is 0 Å². The predicted molar refractivity (Wildman–Crippen MR) is 189 cm³/mol. The molecule has 47 heavy (non-hydrogen) atoms. The molecule has 0 aromatic heterocycles. The minimum absolute atomic E-state index is 0.151. The minimum atomic E-state index is -0.432. The van der Waals surface area contributed by atoms with Gasteiger partial charge < -0.3 is 26.6 Å². The summed E-state index contributed by atoms with van der Waals surface area (Å²) >= 11 is 6.04. The monoisotopic (exact) mass is 641 g/mol. The Morgan fingerprint density at radius 2 is 1.34 bits per heavy atom. The Labute approximate surface area is 277 Å². The summed E-state index contributed by atoms with van der Waals surface area (Å²) < 4.78 is 0. The fourth-order valence-corrected chi connectivity index (χ4v) is 5.66. The van der Waals surface area contributed by atoms with E-state index in [9.17, 15) is 14.4 Å². The normalized spacial score (nSPS) is 13.5. The number of nitrogens with one attached hydrogen (secondary N) is 5. The standard InChI is InChI=1S/C38H32ClN5O3/c1-2-32(24-11-5-3-6-12-24)43-36(45)26-19-20-33-31(21-26)34(37(46)44-33)35(25-13-7-4-8-14-25)40-29-17-10-18-30(23-29)42-38(47)41-28-16-9-15-27(39)22-28/h3-23,32,40H,2H2,1H3,(H,43,45)(H,44,46)(H2,41,42,47)/t32-/m1/s1. The molecule has 0 aliphatic carbocycles. The fraction of sp³-hybridized carbons (Fsp3) is 0.0789. The van der Waals surface area contributed by atoms with Crippen molar-refractivity contribution in [1.29, 1.82) is 0 Å². The largest absolute Gasteiger partial charge is 0.354 e. The molecule has 1 aliphatic rings. The van der Waals surface area contributed by atoms with Gasteiger partial charge in [-0.15, -0.1) is 0 Å². The molecule has 0 spiro atoms. The second kappa shape index (κ2) is 14.1. The Morgan fingerprint density at radius 3 is 2.02 bits per heavy atom. The van der Waals surface area contributed by atoms with Crippen LogP contribution in [0.1, 0.15) is 46.4 Å². The molecule has 0 radical (unpaired) electrons. The van der Waals surface area contributed by atoms with Crippen molar-refractivity contribution >= 4 is 63.5 Å². The summed E-state index contributed by atoms with van der Waals surface area (Å²) in [5.74, 6) is -0.527. The Hall–Kier alpha value is -5.86. The predicted octanol–water partition coefficient (Wildman–Crippen LogP) is 8.80. The third-order valence-corrected chi connectivity index (χ3v) is 7.96. The smallest absolute Gasteiger partial charge is 0.323 e. The number of amides is 4. The van der Waals surface area contributed by atoms with Crippen molar-refractivity contribution in [3.63, 3.8) is 0 Å². The molecule has 234 valence electrons. The number of carbonyl (C=O) groups is 3. The van der Waals surface area contributed by atoms with Gasteiger partial charge >= 0.3 is 6.03 Å². The van der Waals surface area contributed by atoms with E-state index in [-0.39, 0.29) is 17.9 Å². The lowest BCUT2D eigenvalue weighted by molar-refractivity contribution is -0.110. The quantitative estimate of drug-likeness (QED) is 0.104. The number of hydrogen-bond acceptors (Lipinski definition) is 4. The molecule has 9 heteroatoms. The van der Waals surface area contributed by atoms with Crippen molar-refractivity contribution in [1.82, 2.24) is 5.32 Å². The van der Waals surface area contributed by atoms with Crippen molar-refractivity contribution in [2.75, 3.05) is 21.3 Å². The van der Waals surface area contributed by atoms with E-state index in [4.69, 9.17) is 11.6 Å². The summed E-state index contributed by atoms with van der Waals surface area (Å²) in [5, 5.41) is 15.6. The third-order valence-electron chi connectivity index (χ3n) is 7.73. The highest BCUT2D eigenvalue weighted by Gasteiger charge is 2.30. The van der Waals surface area contributed by atoms with Crippen LogP contribution >= 0.6 is 11.6 Å². The number of carbonyl (C=O) groups excluding carboxylic acids is 3. The first-order chi connectivity index (χ1) is 22.9. The zero-order chi connectivity index (χ0) is 32.8. The second-order valence-corrected chi connectivity index (χ2v) is 11.4. The van der Waals surface area contributed by atoms with Crippen LogP contribution < -0.4 is 26.6 Å². The van der Waals surface area contributed by atoms with Crippen LogP contribution in [0.2, 0.25) is 5.02 Å². The number of hydrogen-bond donors (Lipinski definition) is 5. The molecule has 4 amide bonds. The van der Waals surface area contributed by atoms with Crippen LogP contribution in [0.4, 0.5) is 27.5 Å². The summed E-state index contributed by atoms with van der Waals surface area (Å²) in [6.07, 6.45) is 0.726. The molecular weight excluding hydrogens is 610 g/mol. The van der Waals surface area contributed by atoms with E-state index in [1.807, 2.05) is 73.7 Å². The Kier molecular flexibility index (Phi) is 9.31. The van der Waals surface area contributed by atoms with Gasteiger partial charge in [-0.1, -0.05) is 91.3 Å². The maximum Gasteiger partial charge on any atom is 0.323 e. The van der Waals surface area contributed by atoms with Gasteiger partial charge in [0, 0.05) is 38.9 Å². The zero-order valence-electron chi connectivity index (χ0n) is 25.5. The Balaban J connectivity index is 1.30. The van der Waals surface area contributed by atoms with E-state index < -0.39 is 6.03 Å². The van der Waals surface area contributed by atoms with Gasteiger partial charge in [0.05, 0.1) is 17.3 Å². The Morgan fingerprint density at radius 1 is 0.702 bits per heavy atom. The lowest BCUT2D eigenvalue weighted by Gasteiger charge is -2.18. The number of benzene rings is 5. The summed E-state index contributed by atoms with van der Waals surface area (Å²) in [4.78, 5) is 39.7. The topological polar surface area (TPSA) is 111 Å². The average molecular weight is 642 g/mol. The number of halogens is 1. The molecule has 5 N–H and O–H groups in total. The highest BCUT2D eigenvalue weighted by Crippen LogP contribution is 2.38. The average Bonchev–Trinajstić information content (AvgIpc) is 3.41. The minimum Gasteiger partial charge on any atom is -0.354 e. The molecule has 1 atom stereocenters. The highest BCUT2D eigenvalue weighted by molar-refractivity contribution is 6.37. The molecular formula is C38H32ClN5O3. The van der Waals surface area contributed by atoms with Gasteiger partial charge in [-0.05, 0) is 72.1 Å². The molecule has 0 fully saturated rings. The molecule has 0 saturated carbocycles. The van der Waals surface area contributed by atoms with Crippen LogP contribution in [0.15, 0.2) is 127 Å². The number of urea groups is 1. The number of rotatable bonds is 9. The van der Waals surface area contributed by atoms with Crippen LogP contribution in [-0.2, 0) is 4.79 Å². The lowest BCUT2D eigenvalue weighted by atomic mass is 9.97. The first-order valence-corrected chi connectivity index (χ1v) is 15.6. The van der Waals surface area contributed by atoms with Crippen molar-refractivity contribution in [2.45, 2.75) is 19.4 Å². The molecule has 5 aromatic carbocycles. The summed E-state index contributed by atoms with van der Waals surface area (Å²) in [6, 6.07) is 38.0. The lowest BCUT2D eigenvalue weighted by Crippen LogP contribution is -2.28. The van der Waals surface area contributed by atoms with Crippen molar-refractivity contribution in [3.8, 4) is 0 Å². The second-order valence-electron chi connectivity index (χ2n) is 11.0. The van der Waals surface area contributed by atoms with Crippen LogP contribution in [0.5, 0.6) is 0 Å². The van der Waals surface area contributed by atoms with Gasteiger partial charge in [-0.3, -0.25) is 9.59 Å². The molecule has 1 heterocycles.